The number of rotatable bonds is 9. The Morgan fingerprint density at radius 3 is 2.17 bits per heavy atom. The number of carbonyl (C=O) groups is 1. The Kier molecular flexibility index (Phi) is 7.47. The Hall–Kier alpha value is -3.62. The van der Waals surface area contributed by atoms with Crippen molar-refractivity contribution in [2.24, 2.45) is 4.99 Å². The molecule has 2 heterocycles. The van der Waals surface area contributed by atoms with Crippen molar-refractivity contribution >= 4 is 36.6 Å². The number of aliphatic imine (C=N–C) groups is 1. The maximum Gasteiger partial charge on any atom is 0.355 e. The molecule has 0 aliphatic heterocycles. The molecule has 0 amide bonds. The lowest BCUT2D eigenvalue weighted by molar-refractivity contribution is 0.0622. The van der Waals surface area contributed by atoms with E-state index >= 15 is 4.39 Å². The highest BCUT2D eigenvalue weighted by Crippen LogP contribution is 2.30. The van der Waals surface area contributed by atoms with Crippen molar-refractivity contribution in [3.8, 4) is 0 Å². The number of fused-ring (bicyclic) bond motifs is 1. The van der Waals surface area contributed by atoms with E-state index in [0.29, 0.717) is 29.2 Å². The van der Waals surface area contributed by atoms with Crippen LogP contribution in [-0.2, 0) is 11.5 Å². The zero-order chi connectivity index (χ0) is 25.9. The number of hydrogen-bond acceptors (Lipinski definition) is 4. The molecule has 2 aromatic carbocycles. The van der Waals surface area contributed by atoms with Crippen LogP contribution in [-0.4, -0.2) is 41.0 Å². The smallest absolute Gasteiger partial charge is 0.355 e. The minimum Gasteiger partial charge on any atom is -0.476 e. The number of aromatic carboxylic acids is 1. The Labute approximate surface area is 211 Å². The van der Waals surface area contributed by atoms with Crippen molar-refractivity contribution in [3.63, 3.8) is 0 Å². The Morgan fingerprint density at radius 1 is 1.06 bits per heavy atom. The summed E-state index contributed by atoms with van der Waals surface area (Å²) in [6, 6.07) is 22.1. The molecule has 0 radical (unpaired) electrons. The molecular weight excluding hydrogens is 473 g/mol. The van der Waals surface area contributed by atoms with Crippen LogP contribution in [0.4, 0.5) is 10.2 Å². The number of carboxylic acids is 1. The lowest BCUT2D eigenvalue weighted by atomic mass is 10.0. The van der Waals surface area contributed by atoms with Crippen molar-refractivity contribution in [2.75, 3.05) is 6.61 Å². The highest BCUT2D eigenvalue weighted by molar-refractivity contribution is 6.76. The van der Waals surface area contributed by atoms with Crippen LogP contribution in [0, 0.1) is 12.7 Å². The van der Waals surface area contributed by atoms with Gasteiger partial charge in [0.15, 0.2) is 17.3 Å². The molecule has 0 saturated carbocycles. The molecule has 0 spiro atoms. The largest absolute Gasteiger partial charge is 0.476 e. The number of hydrogen-bond donors (Lipinski definition) is 1. The van der Waals surface area contributed by atoms with E-state index in [1.165, 1.54) is 4.57 Å². The van der Waals surface area contributed by atoms with Gasteiger partial charge in [-0.05, 0) is 24.6 Å². The molecule has 0 fully saturated rings. The van der Waals surface area contributed by atoms with E-state index in [4.69, 9.17) is 9.73 Å². The lowest BCUT2D eigenvalue weighted by Crippen LogP contribution is -2.22. The van der Waals surface area contributed by atoms with Crippen molar-refractivity contribution in [3.05, 3.63) is 94.9 Å². The third kappa shape index (κ3) is 5.61. The molecule has 6 nitrogen and oxygen atoms in total. The Morgan fingerprint density at radius 2 is 1.64 bits per heavy atom. The van der Waals surface area contributed by atoms with Crippen LogP contribution in [0.5, 0.6) is 0 Å². The highest BCUT2D eigenvalue weighted by Gasteiger charge is 2.25. The van der Waals surface area contributed by atoms with Gasteiger partial charge in [0.1, 0.15) is 12.2 Å². The number of aryl methyl sites for hydroxylation is 1. The second-order valence-electron chi connectivity index (χ2n) is 9.93. The van der Waals surface area contributed by atoms with Crippen LogP contribution in [0.25, 0.3) is 11.0 Å². The number of halogens is 1. The summed E-state index contributed by atoms with van der Waals surface area (Å²) in [4.78, 5) is 21.3. The highest BCUT2D eigenvalue weighted by atomic mass is 28.3. The van der Waals surface area contributed by atoms with Crippen LogP contribution in [0.1, 0.15) is 27.2 Å². The summed E-state index contributed by atoms with van der Waals surface area (Å²) in [6.07, 6.45) is 0. The van der Waals surface area contributed by atoms with Gasteiger partial charge in [0.2, 0.25) is 0 Å². The van der Waals surface area contributed by atoms with Crippen molar-refractivity contribution in [1.29, 1.82) is 0 Å². The zero-order valence-electron chi connectivity index (χ0n) is 21.0. The van der Waals surface area contributed by atoms with E-state index in [0.717, 1.165) is 17.2 Å². The third-order valence-electron chi connectivity index (χ3n) is 5.87. The van der Waals surface area contributed by atoms with Gasteiger partial charge in [0, 0.05) is 25.8 Å². The van der Waals surface area contributed by atoms with Crippen LogP contribution in [0.2, 0.25) is 25.7 Å². The average molecular weight is 504 g/mol. The second-order valence-corrected chi connectivity index (χ2v) is 15.6. The molecule has 0 aliphatic rings. The second kappa shape index (κ2) is 10.6. The first kappa shape index (κ1) is 25.5. The fourth-order valence-corrected chi connectivity index (χ4v) is 4.65. The van der Waals surface area contributed by atoms with E-state index in [9.17, 15) is 9.90 Å². The van der Waals surface area contributed by atoms with Crippen LogP contribution >= 0.6 is 0 Å². The summed E-state index contributed by atoms with van der Waals surface area (Å²) >= 11 is 0. The number of benzene rings is 2. The minimum absolute atomic E-state index is 0.0361. The summed E-state index contributed by atoms with van der Waals surface area (Å²) in [6.45, 7) is 8.97. The molecule has 4 rings (SSSR count). The maximum atomic E-state index is 15.4. The third-order valence-corrected chi connectivity index (χ3v) is 7.58. The van der Waals surface area contributed by atoms with Crippen molar-refractivity contribution < 1.29 is 19.0 Å². The van der Waals surface area contributed by atoms with Gasteiger partial charge in [-0.15, -0.1) is 0 Å². The molecule has 4 aromatic rings. The van der Waals surface area contributed by atoms with Gasteiger partial charge in [-0.3, -0.25) is 0 Å². The first-order valence-electron chi connectivity index (χ1n) is 11.9. The molecular formula is C28H30FN3O3Si. The number of aromatic nitrogens is 2. The summed E-state index contributed by atoms with van der Waals surface area (Å²) in [5, 5.41) is 9.75. The number of nitrogens with zero attached hydrogens (tertiary/aromatic N) is 3. The molecule has 186 valence electrons. The molecule has 0 saturated heterocycles. The van der Waals surface area contributed by atoms with Gasteiger partial charge in [-0.25, -0.2) is 19.2 Å². The molecule has 1 N–H and O–H groups in total. The lowest BCUT2D eigenvalue weighted by Gasteiger charge is -2.16. The molecule has 2 aromatic heterocycles. The van der Waals surface area contributed by atoms with Crippen LogP contribution < -0.4 is 0 Å². The molecule has 0 atom stereocenters. The monoisotopic (exact) mass is 503 g/mol. The fraction of sp³-hybridized carbons (Fsp3) is 0.250. The fourth-order valence-electron chi connectivity index (χ4n) is 3.89. The van der Waals surface area contributed by atoms with Gasteiger partial charge >= 0.3 is 5.97 Å². The molecule has 8 heteroatoms. The summed E-state index contributed by atoms with van der Waals surface area (Å²) in [7, 11) is -1.32. The van der Waals surface area contributed by atoms with E-state index in [1.807, 2.05) is 67.6 Å². The van der Waals surface area contributed by atoms with Crippen LogP contribution in [0.15, 0.2) is 71.7 Å². The Bertz CT molecular complexity index is 1370. The first-order chi connectivity index (χ1) is 17.2. The SMILES string of the molecule is Cc1cc2c(nc1N=C(c1ccccc1)c1ccccc1)c(F)c(C(=O)O)n2COCC[Si](C)(C)C. The van der Waals surface area contributed by atoms with Gasteiger partial charge in [-0.2, -0.15) is 0 Å². The van der Waals surface area contributed by atoms with Gasteiger partial charge in [0.25, 0.3) is 0 Å². The predicted octanol–water partition coefficient (Wildman–Crippen LogP) is 6.66. The average Bonchev–Trinajstić information content (AvgIpc) is 3.11. The zero-order valence-corrected chi connectivity index (χ0v) is 22.0. The quantitative estimate of drug-likeness (QED) is 0.157. The van der Waals surface area contributed by atoms with E-state index in [-0.39, 0.29) is 12.2 Å². The van der Waals surface area contributed by atoms with Crippen molar-refractivity contribution in [1.82, 2.24) is 9.55 Å². The number of pyridine rings is 1. The van der Waals surface area contributed by atoms with Crippen LogP contribution in [0.3, 0.4) is 0 Å². The first-order valence-corrected chi connectivity index (χ1v) is 15.6. The molecule has 0 unspecified atom stereocenters. The van der Waals surface area contributed by atoms with E-state index in [1.54, 1.807) is 6.07 Å². The van der Waals surface area contributed by atoms with Gasteiger partial charge in [0.05, 0.1) is 11.2 Å². The molecule has 0 bridgehead atoms. The number of ether oxygens (including phenoxy) is 1. The minimum atomic E-state index is -1.36. The van der Waals surface area contributed by atoms with Gasteiger partial charge < -0.3 is 14.4 Å². The summed E-state index contributed by atoms with van der Waals surface area (Å²) < 4.78 is 22.5. The van der Waals surface area contributed by atoms with Crippen molar-refractivity contribution in [2.45, 2.75) is 39.3 Å². The molecule has 36 heavy (non-hydrogen) atoms. The Balaban J connectivity index is 1.81. The molecule has 0 aliphatic carbocycles. The predicted molar refractivity (Wildman–Crippen MR) is 144 cm³/mol. The maximum absolute atomic E-state index is 15.4. The number of carboxylic acid groups (broad SMARTS) is 1. The van der Waals surface area contributed by atoms with E-state index < -0.39 is 25.6 Å². The van der Waals surface area contributed by atoms with E-state index in [2.05, 4.69) is 24.6 Å². The van der Waals surface area contributed by atoms with Gasteiger partial charge in [-0.1, -0.05) is 80.3 Å². The summed E-state index contributed by atoms with van der Waals surface area (Å²) in [5.74, 6) is -1.92. The summed E-state index contributed by atoms with van der Waals surface area (Å²) in [5.41, 5.74) is 3.05. The normalized spacial score (nSPS) is 11.6. The topological polar surface area (TPSA) is 76.7 Å². The standard InChI is InChI=1S/C28H30FN3O3Si/c1-19-17-22-25(23(29)26(28(33)34)32(22)18-35-15-16-36(2,3)4)31-27(19)30-24(20-11-7-5-8-12-20)21-13-9-6-10-14-21/h5-14,17H,15-16,18H2,1-4H3,(H,33,34).